The normalized spacial score (nSPS) is 15.9. The molecule has 1 aromatic heterocycles. The summed E-state index contributed by atoms with van der Waals surface area (Å²) in [5.41, 5.74) is -0.258. The molecular formula is C13H17N3O3. The van der Waals surface area contributed by atoms with Crippen molar-refractivity contribution in [3.8, 4) is 11.8 Å². The second kappa shape index (κ2) is 6.92. The van der Waals surface area contributed by atoms with Crippen molar-refractivity contribution in [2.45, 2.75) is 6.54 Å². The van der Waals surface area contributed by atoms with Gasteiger partial charge in [-0.25, -0.2) is 0 Å². The number of pyridine rings is 1. The number of aromatic nitrogens is 1. The van der Waals surface area contributed by atoms with Crippen molar-refractivity contribution in [2.24, 2.45) is 0 Å². The summed E-state index contributed by atoms with van der Waals surface area (Å²) in [6, 6.07) is 5.29. The maximum Gasteiger partial charge on any atom is 0.293 e. The molecule has 1 aliphatic rings. The fraction of sp³-hybridized carbons (Fsp3) is 0.538. The zero-order chi connectivity index (χ0) is 13.5. The fourth-order valence-electron chi connectivity index (χ4n) is 1.93. The van der Waals surface area contributed by atoms with Gasteiger partial charge in [-0.3, -0.25) is 14.3 Å². The van der Waals surface area contributed by atoms with E-state index in [9.17, 15) is 4.79 Å². The maximum absolute atomic E-state index is 11.9. The van der Waals surface area contributed by atoms with Gasteiger partial charge in [0.1, 0.15) is 13.2 Å². The average molecular weight is 263 g/mol. The summed E-state index contributed by atoms with van der Waals surface area (Å²) < 4.78 is 12.1. The van der Waals surface area contributed by atoms with Crippen LogP contribution in [-0.4, -0.2) is 48.9 Å². The van der Waals surface area contributed by atoms with E-state index in [4.69, 9.17) is 14.7 Å². The van der Waals surface area contributed by atoms with Gasteiger partial charge < -0.3 is 9.47 Å². The van der Waals surface area contributed by atoms with E-state index in [0.29, 0.717) is 12.4 Å². The van der Waals surface area contributed by atoms with E-state index in [0.717, 1.165) is 32.8 Å². The molecule has 102 valence electrons. The van der Waals surface area contributed by atoms with Crippen molar-refractivity contribution in [3.05, 3.63) is 28.7 Å². The first-order valence-electron chi connectivity index (χ1n) is 6.30. The van der Waals surface area contributed by atoms with Crippen LogP contribution in [0, 0.1) is 11.3 Å². The fourth-order valence-corrected chi connectivity index (χ4v) is 1.93. The molecule has 1 aromatic rings. The van der Waals surface area contributed by atoms with E-state index in [1.807, 2.05) is 6.07 Å². The third kappa shape index (κ3) is 3.81. The van der Waals surface area contributed by atoms with Crippen LogP contribution >= 0.6 is 0 Å². The van der Waals surface area contributed by atoms with E-state index >= 15 is 0 Å². The lowest BCUT2D eigenvalue weighted by molar-refractivity contribution is 0.0321. The molecule has 6 heteroatoms. The van der Waals surface area contributed by atoms with Crippen LogP contribution in [0.4, 0.5) is 0 Å². The van der Waals surface area contributed by atoms with Crippen LogP contribution in [-0.2, 0) is 11.3 Å². The Morgan fingerprint density at radius 2 is 2.21 bits per heavy atom. The molecule has 0 unspecified atom stereocenters. The zero-order valence-corrected chi connectivity index (χ0v) is 10.7. The molecule has 0 spiro atoms. The summed E-state index contributed by atoms with van der Waals surface area (Å²) in [5.74, 6) is 0.297. The van der Waals surface area contributed by atoms with Gasteiger partial charge in [0.05, 0.1) is 19.3 Å². The Morgan fingerprint density at radius 3 is 2.95 bits per heavy atom. The molecule has 0 saturated carbocycles. The molecule has 1 fully saturated rings. The molecule has 2 heterocycles. The Balaban J connectivity index is 1.87. The Hall–Kier alpha value is -1.84. The van der Waals surface area contributed by atoms with Gasteiger partial charge in [0.2, 0.25) is 0 Å². The van der Waals surface area contributed by atoms with Crippen LogP contribution in [0.1, 0.15) is 0 Å². The maximum atomic E-state index is 11.9. The lowest BCUT2D eigenvalue weighted by atomic mass is 10.4. The molecule has 0 radical (unpaired) electrons. The molecule has 0 aliphatic carbocycles. The monoisotopic (exact) mass is 263 g/mol. The van der Waals surface area contributed by atoms with Gasteiger partial charge in [-0.1, -0.05) is 0 Å². The Morgan fingerprint density at radius 1 is 1.42 bits per heavy atom. The van der Waals surface area contributed by atoms with Gasteiger partial charge in [0, 0.05) is 25.8 Å². The van der Waals surface area contributed by atoms with E-state index in [-0.39, 0.29) is 12.1 Å². The van der Waals surface area contributed by atoms with Gasteiger partial charge >= 0.3 is 0 Å². The SMILES string of the molecule is N#CCn1cccc(OCCN2CCOCC2)c1=O. The number of rotatable bonds is 5. The second-order valence-electron chi connectivity index (χ2n) is 4.27. The molecule has 0 atom stereocenters. The van der Waals surface area contributed by atoms with Crippen molar-refractivity contribution < 1.29 is 9.47 Å². The van der Waals surface area contributed by atoms with E-state index in [1.54, 1.807) is 18.3 Å². The molecule has 6 nitrogen and oxygen atoms in total. The van der Waals surface area contributed by atoms with Crippen molar-refractivity contribution in [3.63, 3.8) is 0 Å². The predicted molar refractivity (Wildman–Crippen MR) is 69.1 cm³/mol. The van der Waals surface area contributed by atoms with Crippen molar-refractivity contribution >= 4 is 0 Å². The molecule has 0 amide bonds. The second-order valence-corrected chi connectivity index (χ2v) is 4.27. The minimum atomic E-state index is -0.258. The number of nitriles is 1. The quantitative estimate of drug-likeness (QED) is 0.752. The molecular weight excluding hydrogens is 246 g/mol. The summed E-state index contributed by atoms with van der Waals surface area (Å²) in [4.78, 5) is 14.1. The lowest BCUT2D eigenvalue weighted by Crippen LogP contribution is -2.39. The minimum Gasteiger partial charge on any atom is -0.487 e. The topological polar surface area (TPSA) is 67.5 Å². The van der Waals surface area contributed by atoms with E-state index < -0.39 is 0 Å². The first kappa shape index (κ1) is 13.6. The van der Waals surface area contributed by atoms with Crippen LogP contribution in [0.5, 0.6) is 5.75 Å². The third-order valence-corrected chi connectivity index (χ3v) is 3.00. The number of hydrogen-bond donors (Lipinski definition) is 0. The van der Waals surface area contributed by atoms with Crippen molar-refractivity contribution in [1.29, 1.82) is 5.26 Å². The first-order chi connectivity index (χ1) is 9.31. The smallest absolute Gasteiger partial charge is 0.293 e. The number of morpholine rings is 1. The summed E-state index contributed by atoms with van der Waals surface area (Å²) in [6.45, 7) is 4.58. The van der Waals surface area contributed by atoms with Crippen LogP contribution in [0.3, 0.4) is 0 Å². The molecule has 2 rings (SSSR count). The van der Waals surface area contributed by atoms with E-state index in [2.05, 4.69) is 4.90 Å². The highest BCUT2D eigenvalue weighted by Gasteiger charge is 2.10. The third-order valence-electron chi connectivity index (χ3n) is 3.00. The molecule has 1 saturated heterocycles. The Bertz CT molecular complexity index is 501. The highest BCUT2D eigenvalue weighted by Crippen LogP contribution is 2.03. The average Bonchev–Trinajstić information content (AvgIpc) is 2.44. The van der Waals surface area contributed by atoms with Crippen LogP contribution in [0.15, 0.2) is 23.1 Å². The molecule has 0 bridgehead atoms. The van der Waals surface area contributed by atoms with E-state index in [1.165, 1.54) is 4.57 Å². The van der Waals surface area contributed by atoms with Gasteiger partial charge in [0.25, 0.3) is 5.56 Å². The largest absolute Gasteiger partial charge is 0.487 e. The van der Waals surface area contributed by atoms with Crippen molar-refractivity contribution in [1.82, 2.24) is 9.47 Å². The minimum absolute atomic E-state index is 0.0412. The van der Waals surface area contributed by atoms with Crippen molar-refractivity contribution in [2.75, 3.05) is 39.5 Å². The predicted octanol–water partition coefficient (Wildman–Crippen LogP) is 0.0829. The van der Waals surface area contributed by atoms with Crippen LogP contribution in [0.25, 0.3) is 0 Å². The highest BCUT2D eigenvalue weighted by molar-refractivity contribution is 5.17. The zero-order valence-electron chi connectivity index (χ0n) is 10.7. The first-order valence-corrected chi connectivity index (χ1v) is 6.30. The summed E-state index contributed by atoms with van der Waals surface area (Å²) in [7, 11) is 0. The molecule has 0 N–H and O–H groups in total. The Labute approximate surface area is 111 Å². The van der Waals surface area contributed by atoms with Crippen LogP contribution < -0.4 is 10.3 Å². The summed E-state index contributed by atoms with van der Waals surface area (Å²) >= 11 is 0. The number of hydrogen-bond acceptors (Lipinski definition) is 5. The Kier molecular flexibility index (Phi) is 4.95. The number of ether oxygens (including phenoxy) is 2. The standard InChI is InChI=1S/C13H17N3O3/c14-3-5-16-4-1-2-12(13(16)17)19-11-8-15-6-9-18-10-7-15/h1-2,4H,5-11H2. The van der Waals surface area contributed by atoms with Gasteiger partial charge in [-0.05, 0) is 12.1 Å². The number of nitrogens with zero attached hydrogens (tertiary/aromatic N) is 3. The summed E-state index contributed by atoms with van der Waals surface area (Å²) in [6.07, 6.45) is 1.58. The lowest BCUT2D eigenvalue weighted by Gasteiger charge is -2.26. The van der Waals surface area contributed by atoms with Gasteiger partial charge in [0.15, 0.2) is 5.75 Å². The highest BCUT2D eigenvalue weighted by atomic mass is 16.5. The molecule has 19 heavy (non-hydrogen) atoms. The molecule has 0 aromatic carbocycles. The van der Waals surface area contributed by atoms with Gasteiger partial charge in [-0.15, -0.1) is 0 Å². The van der Waals surface area contributed by atoms with Gasteiger partial charge in [-0.2, -0.15) is 5.26 Å². The molecule has 1 aliphatic heterocycles. The summed E-state index contributed by atoms with van der Waals surface area (Å²) in [5, 5.41) is 8.61. The van der Waals surface area contributed by atoms with Crippen LogP contribution in [0.2, 0.25) is 0 Å².